The van der Waals surface area contributed by atoms with Crippen molar-refractivity contribution in [3.63, 3.8) is 0 Å². The summed E-state index contributed by atoms with van der Waals surface area (Å²) in [6.45, 7) is 14.8. The average Bonchev–Trinajstić information content (AvgIpc) is 2.99. The Hall–Kier alpha value is -2.18. The molecule has 6 atom stereocenters. The van der Waals surface area contributed by atoms with E-state index >= 15 is 0 Å². The van der Waals surface area contributed by atoms with E-state index < -0.39 is 42.8 Å². The molecule has 1 saturated heterocycles. The predicted molar refractivity (Wildman–Crippen MR) is 89.1 cm³/mol. The molecular formula is C19H22O6. The van der Waals surface area contributed by atoms with Crippen LogP contribution in [0.25, 0.3) is 0 Å². The number of fused-ring (bicyclic) bond motifs is 3. The van der Waals surface area contributed by atoms with Gasteiger partial charge in [0.2, 0.25) is 0 Å². The number of esters is 2. The molecule has 0 aromatic heterocycles. The topological polar surface area (TPSA) is 93.1 Å². The van der Waals surface area contributed by atoms with Crippen molar-refractivity contribution < 1.29 is 29.3 Å². The number of rotatable bonds is 3. The Morgan fingerprint density at radius 1 is 1.28 bits per heavy atom. The maximum Gasteiger partial charge on any atom is 0.336 e. The summed E-state index contributed by atoms with van der Waals surface area (Å²) < 4.78 is 11.0. The van der Waals surface area contributed by atoms with Crippen LogP contribution in [0, 0.1) is 17.8 Å². The van der Waals surface area contributed by atoms with E-state index in [0.717, 1.165) is 5.57 Å². The second kappa shape index (κ2) is 6.28. The van der Waals surface area contributed by atoms with Gasteiger partial charge in [-0.15, -0.1) is 0 Å². The second-order valence-corrected chi connectivity index (χ2v) is 6.95. The molecule has 2 aliphatic carbocycles. The van der Waals surface area contributed by atoms with E-state index in [2.05, 4.69) is 26.3 Å². The molecule has 1 aliphatic heterocycles. The Morgan fingerprint density at radius 2 is 1.96 bits per heavy atom. The molecular weight excluding hydrogens is 324 g/mol. The lowest BCUT2D eigenvalue weighted by atomic mass is 9.81. The van der Waals surface area contributed by atoms with Crippen LogP contribution >= 0.6 is 0 Å². The molecule has 0 aromatic carbocycles. The van der Waals surface area contributed by atoms with Crippen LogP contribution in [0.1, 0.15) is 12.8 Å². The van der Waals surface area contributed by atoms with Gasteiger partial charge in [0.25, 0.3) is 0 Å². The number of aliphatic hydroxyl groups is 2. The lowest BCUT2D eigenvalue weighted by molar-refractivity contribution is -0.148. The molecule has 3 rings (SSSR count). The fourth-order valence-electron chi connectivity index (χ4n) is 4.16. The van der Waals surface area contributed by atoms with Gasteiger partial charge in [0.15, 0.2) is 0 Å². The van der Waals surface area contributed by atoms with E-state index in [4.69, 9.17) is 14.6 Å². The van der Waals surface area contributed by atoms with Gasteiger partial charge in [-0.05, 0) is 17.9 Å². The summed E-state index contributed by atoms with van der Waals surface area (Å²) in [5.41, 5.74) is 1.59. The molecule has 0 radical (unpaired) electrons. The summed E-state index contributed by atoms with van der Waals surface area (Å²) in [4.78, 5) is 24.2. The minimum absolute atomic E-state index is 0.0673. The highest BCUT2D eigenvalue weighted by Crippen LogP contribution is 2.52. The molecule has 0 aromatic rings. The van der Waals surface area contributed by atoms with Gasteiger partial charge in [-0.1, -0.05) is 31.9 Å². The zero-order valence-electron chi connectivity index (χ0n) is 13.9. The summed E-state index contributed by atoms with van der Waals surface area (Å²) in [5.74, 6) is -2.18. The van der Waals surface area contributed by atoms with E-state index in [9.17, 15) is 14.7 Å². The van der Waals surface area contributed by atoms with Gasteiger partial charge in [-0.25, -0.2) is 9.59 Å². The van der Waals surface area contributed by atoms with Crippen LogP contribution < -0.4 is 0 Å². The molecule has 2 saturated carbocycles. The maximum atomic E-state index is 12.1. The standard InChI is InChI=1S/C19H22O6/c1-8-5-14(24-18(22)9(2)7-20)16-11(4)19(23)25-17(16)15-10(3)13(21)6-12(8)15/h12-17,20-21H,1-7H2/t12?,13-,14-,15?,16?,17?/m0/s1. The molecule has 6 nitrogen and oxygen atoms in total. The highest BCUT2D eigenvalue weighted by atomic mass is 16.6. The summed E-state index contributed by atoms with van der Waals surface area (Å²) in [6, 6.07) is 0. The second-order valence-electron chi connectivity index (χ2n) is 6.95. The minimum atomic E-state index is -0.725. The lowest BCUT2D eigenvalue weighted by Gasteiger charge is -2.28. The maximum absolute atomic E-state index is 12.1. The van der Waals surface area contributed by atoms with Crippen molar-refractivity contribution in [3.8, 4) is 0 Å². The van der Waals surface area contributed by atoms with Crippen molar-refractivity contribution in [1.29, 1.82) is 0 Å². The minimum Gasteiger partial charge on any atom is -0.458 e. The number of carbonyl (C=O) groups is 2. The van der Waals surface area contributed by atoms with E-state index in [1.165, 1.54) is 0 Å². The fourth-order valence-corrected chi connectivity index (χ4v) is 4.16. The first-order chi connectivity index (χ1) is 11.8. The highest BCUT2D eigenvalue weighted by Gasteiger charge is 2.56. The van der Waals surface area contributed by atoms with Crippen LogP contribution in [0.5, 0.6) is 0 Å². The van der Waals surface area contributed by atoms with Crippen LogP contribution in [0.4, 0.5) is 0 Å². The first-order valence-corrected chi connectivity index (χ1v) is 8.20. The first kappa shape index (κ1) is 17.6. The third-order valence-corrected chi connectivity index (χ3v) is 5.51. The monoisotopic (exact) mass is 346 g/mol. The van der Waals surface area contributed by atoms with Crippen molar-refractivity contribution in [2.24, 2.45) is 17.8 Å². The summed E-state index contributed by atoms with van der Waals surface area (Å²) >= 11 is 0. The van der Waals surface area contributed by atoms with Gasteiger partial charge >= 0.3 is 11.9 Å². The fraction of sp³-hybridized carbons (Fsp3) is 0.474. The Bertz CT molecular complexity index is 690. The molecule has 4 unspecified atom stereocenters. The van der Waals surface area contributed by atoms with Gasteiger partial charge in [0, 0.05) is 17.9 Å². The van der Waals surface area contributed by atoms with Crippen LogP contribution in [-0.2, 0) is 19.1 Å². The molecule has 25 heavy (non-hydrogen) atoms. The van der Waals surface area contributed by atoms with Gasteiger partial charge in [-0.2, -0.15) is 0 Å². The number of carbonyl (C=O) groups excluding carboxylic acids is 2. The summed E-state index contributed by atoms with van der Waals surface area (Å²) in [5, 5.41) is 19.2. The van der Waals surface area contributed by atoms with E-state index in [0.29, 0.717) is 18.4 Å². The Morgan fingerprint density at radius 3 is 2.60 bits per heavy atom. The van der Waals surface area contributed by atoms with E-state index in [1.54, 1.807) is 0 Å². The number of hydrogen-bond donors (Lipinski definition) is 2. The van der Waals surface area contributed by atoms with Gasteiger partial charge in [0.1, 0.15) is 12.2 Å². The molecule has 6 heteroatoms. The first-order valence-electron chi connectivity index (χ1n) is 8.20. The average molecular weight is 346 g/mol. The van der Waals surface area contributed by atoms with Gasteiger partial charge in [-0.3, -0.25) is 0 Å². The Balaban J connectivity index is 1.96. The molecule has 2 N–H and O–H groups in total. The van der Waals surface area contributed by atoms with Gasteiger partial charge in [0.05, 0.1) is 24.2 Å². The third kappa shape index (κ3) is 2.75. The van der Waals surface area contributed by atoms with Crippen molar-refractivity contribution in [1.82, 2.24) is 0 Å². The summed E-state index contributed by atoms with van der Waals surface area (Å²) in [7, 11) is 0. The van der Waals surface area contributed by atoms with Crippen LogP contribution in [0.15, 0.2) is 48.6 Å². The van der Waals surface area contributed by atoms with Crippen molar-refractivity contribution in [2.45, 2.75) is 31.2 Å². The van der Waals surface area contributed by atoms with Gasteiger partial charge < -0.3 is 19.7 Å². The Kier molecular flexibility index (Phi) is 4.43. The molecule has 1 heterocycles. The van der Waals surface area contributed by atoms with Crippen LogP contribution in [0.2, 0.25) is 0 Å². The highest BCUT2D eigenvalue weighted by molar-refractivity contribution is 5.92. The molecule has 134 valence electrons. The van der Waals surface area contributed by atoms with Crippen LogP contribution in [0.3, 0.4) is 0 Å². The number of ether oxygens (including phenoxy) is 2. The molecule has 0 amide bonds. The van der Waals surface area contributed by atoms with Crippen molar-refractivity contribution in [3.05, 3.63) is 48.6 Å². The third-order valence-electron chi connectivity index (χ3n) is 5.51. The van der Waals surface area contributed by atoms with Crippen LogP contribution in [-0.4, -0.2) is 47.1 Å². The molecule has 3 fully saturated rings. The van der Waals surface area contributed by atoms with E-state index in [1.807, 2.05) is 0 Å². The largest absolute Gasteiger partial charge is 0.458 e. The summed E-state index contributed by atoms with van der Waals surface area (Å²) in [6.07, 6.45) is -1.19. The SMILES string of the molecule is C=C(CO)C(=O)O[C@H]1CC(=C)C2C[C@H](O)C(=C)C2C2OC(=O)C(=C)C21. The smallest absolute Gasteiger partial charge is 0.336 e. The predicted octanol–water partition coefficient (Wildman–Crippen LogP) is 1.06. The zero-order valence-corrected chi connectivity index (χ0v) is 13.9. The van der Waals surface area contributed by atoms with E-state index in [-0.39, 0.29) is 23.0 Å². The molecule has 3 aliphatic rings. The molecule has 0 bridgehead atoms. The number of hydrogen-bond acceptors (Lipinski definition) is 6. The quantitative estimate of drug-likeness (QED) is 0.451. The number of aliphatic hydroxyl groups excluding tert-OH is 2. The lowest BCUT2D eigenvalue weighted by Crippen LogP contribution is -2.36. The molecule has 0 spiro atoms. The van der Waals surface area contributed by atoms with Crippen molar-refractivity contribution >= 4 is 11.9 Å². The van der Waals surface area contributed by atoms with Crippen molar-refractivity contribution in [2.75, 3.05) is 6.61 Å². The zero-order chi connectivity index (χ0) is 18.5. The normalized spacial score (nSPS) is 37.2. The Labute approximate surface area is 146 Å².